The minimum Gasteiger partial charge on any atom is -0.278 e. The molecule has 5 heteroatoms. The van der Waals surface area contributed by atoms with E-state index in [9.17, 15) is 0 Å². The zero-order valence-electron chi connectivity index (χ0n) is 22.8. The molecule has 4 aromatic heterocycles. The predicted octanol–water partition coefficient (Wildman–Crippen LogP) is 11.1. The normalized spacial score (nSPS) is 12.2. The van der Waals surface area contributed by atoms with Gasteiger partial charge in [-0.2, -0.15) is 0 Å². The minimum absolute atomic E-state index is 0.700. The van der Waals surface area contributed by atoms with Crippen molar-refractivity contribution in [1.29, 1.82) is 0 Å². The van der Waals surface area contributed by atoms with Crippen LogP contribution in [0.2, 0.25) is 0 Å². The molecule has 0 aliphatic carbocycles. The Hall–Kier alpha value is -5.10. The second-order valence-electron chi connectivity index (χ2n) is 11.0. The molecule has 6 aromatic carbocycles. The highest BCUT2D eigenvalue weighted by Gasteiger charge is 2.22. The van der Waals surface area contributed by atoms with Gasteiger partial charge >= 0.3 is 0 Å². The monoisotopic (exact) mass is 583 g/mol. The van der Waals surface area contributed by atoms with Crippen molar-refractivity contribution in [3.8, 4) is 17.2 Å². The highest BCUT2D eigenvalue weighted by molar-refractivity contribution is 7.29. The largest absolute Gasteiger partial charge is 0.278 e. The quantitative estimate of drug-likeness (QED) is 0.203. The lowest BCUT2D eigenvalue weighted by Crippen LogP contribution is -2.02. The molecule has 0 bridgehead atoms. The van der Waals surface area contributed by atoms with Crippen molar-refractivity contribution in [2.45, 2.75) is 0 Å². The maximum Gasteiger partial charge on any atom is 0.236 e. The van der Waals surface area contributed by atoms with E-state index in [2.05, 4.69) is 132 Å². The van der Waals surface area contributed by atoms with E-state index in [1.165, 1.54) is 51.8 Å². The summed E-state index contributed by atoms with van der Waals surface area (Å²) < 4.78 is 6.13. The number of benzene rings is 6. The molecule has 0 aliphatic heterocycles. The van der Waals surface area contributed by atoms with Crippen LogP contribution in [0.15, 0.2) is 127 Å². The Morgan fingerprint density at radius 2 is 1.14 bits per heavy atom. The summed E-state index contributed by atoms with van der Waals surface area (Å²) in [5.41, 5.74) is 4.32. The van der Waals surface area contributed by atoms with Crippen LogP contribution in [0, 0.1) is 0 Å². The maximum absolute atomic E-state index is 5.48. The van der Waals surface area contributed by atoms with Gasteiger partial charge < -0.3 is 0 Å². The van der Waals surface area contributed by atoms with Gasteiger partial charge in [-0.25, -0.2) is 9.97 Å². The van der Waals surface area contributed by atoms with Crippen molar-refractivity contribution >= 4 is 95.7 Å². The predicted molar refractivity (Wildman–Crippen MR) is 185 cm³/mol. The highest BCUT2D eigenvalue weighted by atomic mass is 32.1. The second-order valence-corrected chi connectivity index (χ2v) is 13.0. The van der Waals surface area contributed by atoms with Gasteiger partial charge in [0.25, 0.3) is 0 Å². The van der Waals surface area contributed by atoms with Crippen LogP contribution in [0.3, 0.4) is 0 Å². The summed E-state index contributed by atoms with van der Waals surface area (Å²) in [4.78, 5) is 11.9. The molecule has 3 nitrogen and oxygen atoms in total. The summed E-state index contributed by atoms with van der Waals surface area (Å²) in [6.07, 6.45) is 0. The number of aromatic nitrogens is 3. The van der Waals surface area contributed by atoms with Gasteiger partial charge in [0.15, 0.2) is 0 Å². The Kier molecular flexibility index (Phi) is 4.75. The van der Waals surface area contributed by atoms with Crippen LogP contribution < -0.4 is 0 Å². The molecule has 0 radical (unpaired) electrons. The molecule has 4 heterocycles. The first-order valence-electron chi connectivity index (χ1n) is 14.3. The highest BCUT2D eigenvalue weighted by Crippen LogP contribution is 2.47. The topological polar surface area (TPSA) is 30.7 Å². The molecule has 0 N–H and O–H groups in total. The van der Waals surface area contributed by atoms with Crippen molar-refractivity contribution < 1.29 is 0 Å². The van der Waals surface area contributed by atoms with Gasteiger partial charge in [0.2, 0.25) is 5.95 Å². The molecule has 0 atom stereocenters. The minimum atomic E-state index is 0.700. The van der Waals surface area contributed by atoms with Crippen LogP contribution >= 0.6 is 22.7 Å². The third-order valence-corrected chi connectivity index (χ3v) is 10.9. The van der Waals surface area contributed by atoms with E-state index in [1.807, 2.05) is 11.3 Å². The van der Waals surface area contributed by atoms with Gasteiger partial charge in [-0.1, -0.05) is 103 Å². The first-order valence-corrected chi connectivity index (χ1v) is 16.0. The van der Waals surface area contributed by atoms with E-state index in [0.717, 1.165) is 32.5 Å². The summed E-state index contributed by atoms with van der Waals surface area (Å²) in [6.45, 7) is 0. The number of thiophene rings is 2. The van der Waals surface area contributed by atoms with Gasteiger partial charge in [-0.3, -0.25) is 4.57 Å². The van der Waals surface area contributed by atoms with Crippen LogP contribution in [0.25, 0.3) is 90.3 Å². The molecule has 0 fully saturated rings. The number of nitrogens with zero attached hydrogens (tertiary/aromatic N) is 3. The molecule has 0 saturated carbocycles. The molecule has 10 aromatic rings. The first kappa shape index (κ1) is 23.5. The van der Waals surface area contributed by atoms with E-state index in [1.54, 1.807) is 11.3 Å². The maximum atomic E-state index is 5.48. The molecule has 43 heavy (non-hydrogen) atoms. The molecule has 0 aliphatic rings. The third kappa shape index (κ3) is 3.23. The molecule has 10 rings (SSSR count). The lowest BCUT2D eigenvalue weighted by Gasteiger charge is -2.12. The SMILES string of the molecule is c1ccc2c(-c3nc(-n4c5ccccc5c5ccccc54)nc4sc5c(ccc6sc7ccccc7c65)c34)cccc2c1. The average Bonchev–Trinajstić information content (AvgIpc) is 3.73. The van der Waals surface area contributed by atoms with Gasteiger partial charge in [0.05, 0.1) is 16.7 Å². The van der Waals surface area contributed by atoms with E-state index < -0.39 is 0 Å². The summed E-state index contributed by atoms with van der Waals surface area (Å²) in [6, 6.07) is 45.6. The van der Waals surface area contributed by atoms with Crippen molar-refractivity contribution in [2.75, 3.05) is 0 Å². The van der Waals surface area contributed by atoms with E-state index in [4.69, 9.17) is 9.97 Å². The van der Waals surface area contributed by atoms with Crippen molar-refractivity contribution in [3.05, 3.63) is 127 Å². The molecule has 200 valence electrons. The van der Waals surface area contributed by atoms with Gasteiger partial charge in [-0.05, 0) is 35.0 Å². The number of rotatable bonds is 2. The van der Waals surface area contributed by atoms with Crippen LogP contribution in [0.4, 0.5) is 0 Å². The van der Waals surface area contributed by atoms with Crippen LogP contribution in [-0.2, 0) is 0 Å². The molecule has 0 spiro atoms. The lowest BCUT2D eigenvalue weighted by atomic mass is 9.99. The molecular weight excluding hydrogens is 563 g/mol. The fourth-order valence-corrected chi connectivity index (χ4v) is 9.20. The number of hydrogen-bond acceptors (Lipinski definition) is 4. The van der Waals surface area contributed by atoms with Gasteiger partial charge in [-0.15, -0.1) is 22.7 Å². The Morgan fingerprint density at radius 3 is 1.95 bits per heavy atom. The standard InChI is InChI=1S/C38H21N3S2/c1-2-12-23-22(10-1)11-9-16-26(23)35-34-28-20-21-32-33(27-15-5-8-19-31(27)42-32)36(28)43-37(34)40-38(39-35)41-29-17-6-3-13-24(29)25-14-4-7-18-30(25)41/h1-21H. The zero-order chi connectivity index (χ0) is 28.1. The average molecular weight is 584 g/mol. The van der Waals surface area contributed by atoms with Crippen LogP contribution in [0.5, 0.6) is 0 Å². The van der Waals surface area contributed by atoms with Crippen LogP contribution in [0.1, 0.15) is 0 Å². The van der Waals surface area contributed by atoms with Crippen molar-refractivity contribution in [3.63, 3.8) is 0 Å². The van der Waals surface area contributed by atoms with E-state index in [-0.39, 0.29) is 0 Å². The Labute approximate surface area is 253 Å². The van der Waals surface area contributed by atoms with Gasteiger partial charge in [0, 0.05) is 52.0 Å². The number of hydrogen-bond donors (Lipinski definition) is 0. The first-order chi connectivity index (χ1) is 21.3. The smallest absolute Gasteiger partial charge is 0.236 e. The fraction of sp³-hybridized carbons (Fsp3) is 0. The Bertz CT molecular complexity index is 2690. The van der Waals surface area contributed by atoms with E-state index in [0.29, 0.717) is 5.95 Å². The fourth-order valence-electron chi connectivity index (χ4n) is 6.80. The number of para-hydroxylation sites is 2. The summed E-state index contributed by atoms with van der Waals surface area (Å²) in [7, 11) is 0. The second kappa shape index (κ2) is 8.71. The van der Waals surface area contributed by atoms with Gasteiger partial charge in [0.1, 0.15) is 4.83 Å². The van der Waals surface area contributed by atoms with Crippen molar-refractivity contribution in [2.24, 2.45) is 0 Å². The Balaban J connectivity index is 1.40. The molecular formula is C38H21N3S2. The summed E-state index contributed by atoms with van der Waals surface area (Å²) in [5.74, 6) is 0.700. The summed E-state index contributed by atoms with van der Waals surface area (Å²) >= 11 is 3.65. The third-order valence-electron chi connectivity index (χ3n) is 8.65. The van der Waals surface area contributed by atoms with E-state index >= 15 is 0 Å². The molecule has 0 saturated heterocycles. The molecule has 0 unspecified atom stereocenters. The van der Waals surface area contributed by atoms with Crippen molar-refractivity contribution in [1.82, 2.24) is 14.5 Å². The molecule has 0 amide bonds. The number of fused-ring (bicyclic) bond motifs is 11. The lowest BCUT2D eigenvalue weighted by molar-refractivity contribution is 1.02. The zero-order valence-corrected chi connectivity index (χ0v) is 24.4. The van der Waals surface area contributed by atoms with Crippen LogP contribution in [-0.4, -0.2) is 14.5 Å². The summed E-state index contributed by atoms with van der Waals surface area (Å²) in [5, 5.41) is 9.78. The Morgan fingerprint density at radius 1 is 0.465 bits per heavy atom.